The predicted octanol–water partition coefficient (Wildman–Crippen LogP) is 4.70. The van der Waals surface area contributed by atoms with Crippen molar-refractivity contribution >= 4 is 39.1 Å². The number of rotatable bonds is 2. The Kier molecular flexibility index (Phi) is 4.11. The van der Waals surface area contributed by atoms with Crippen LogP contribution >= 0.6 is 39.1 Å². The lowest BCUT2D eigenvalue weighted by Crippen LogP contribution is -2.14. The van der Waals surface area contributed by atoms with Crippen LogP contribution < -0.4 is 0 Å². The van der Waals surface area contributed by atoms with E-state index in [1.165, 1.54) is 6.07 Å². The highest BCUT2D eigenvalue weighted by molar-refractivity contribution is 9.10. The Morgan fingerprint density at radius 2 is 2.25 bits per heavy atom. The Balaban J connectivity index is 2.28. The van der Waals surface area contributed by atoms with Crippen LogP contribution in [-0.4, -0.2) is 12.7 Å². The lowest BCUT2D eigenvalue weighted by atomic mass is 10.0. The summed E-state index contributed by atoms with van der Waals surface area (Å²) >= 11 is 15.3. The van der Waals surface area contributed by atoms with Gasteiger partial charge in [-0.3, -0.25) is 0 Å². The minimum Gasteiger partial charge on any atom is -0.376 e. The molecule has 2 rings (SSSR count). The van der Waals surface area contributed by atoms with Gasteiger partial charge in [-0.25, -0.2) is 4.39 Å². The van der Waals surface area contributed by atoms with Gasteiger partial charge in [0.1, 0.15) is 5.82 Å². The molecule has 0 radical (unpaired) electrons. The first-order valence-corrected chi connectivity index (χ1v) is 6.60. The molecule has 1 nitrogen and oxygen atoms in total. The van der Waals surface area contributed by atoms with Crippen LogP contribution in [0, 0.1) is 5.82 Å². The van der Waals surface area contributed by atoms with Gasteiger partial charge in [0.15, 0.2) is 0 Å². The zero-order valence-electron chi connectivity index (χ0n) is 8.35. The van der Waals surface area contributed by atoms with E-state index in [1.54, 1.807) is 6.07 Å². The predicted molar refractivity (Wildman–Crippen MR) is 66.7 cm³/mol. The molecule has 0 saturated carbocycles. The minimum absolute atomic E-state index is 0.117. The van der Waals surface area contributed by atoms with Crippen LogP contribution in [0.1, 0.15) is 23.8 Å². The maximum atomic E-state index is 13.7. The van der Waals surface area contributed by atoms with E-state index in [1.807, 2.05) is 0 Å². The highest BCUT2D eigenvalue weighted by Gasteiger charge is 2.28. The van der Waals surface area contributed by atoms with Gasteiger partial charge in [0.25, 0.3) is 0 Å². The van der Waals surface area contributed by atoms with E-state index in [0.29, 0.717) is 21.7 Å². The second-order valence-corrected chi connectivity index (χ2v) is 5.47. The number of alkyl halides is 1. The minimum atomic E-state index is -0.479. The number of benzene rings is 1. The van der Waals surface area contributed by atoms with Crippen LogP contribution in [0.2, 0.25) is 5.02 Å². The fraction of sp³-hybridized carbons (Fsp3) is 0.455. The molecule has 1 heterocycles. The van der Waals surface area contributed by atoms with Crippen molar-refractivity contribution in [1.29, 1.82) is 0 Å². The molecule has 1 aromatic rings. The van der Waals surface area contributed by atoms with Crippen LogP contribution in [0.5, 0.6) is 0 Å². The van der Waals surface area contributed by atoms with E-state index in [4.69, 9.17) is 27.9 Å². The summed E-state index contributed by atoms with van der Waals surface area (Å²) < 4.78 is 19.7. The number of halogens is 4. The second-order valence-electron chi connectivity index (χ2n) is 3.74. The highest BCUT2D eigenvalue weighted by Crippen LogP contribution is 2.36. The Morgan fingerprint density at radius 1 is 1.50 bits per heavy atom. The van der Waals surface area contributed by atoms with Crippen molar-refractivity contribution in [2.75, 3.05) is 6.61 Å². The topological polar surface area (TPSA) is 9.23 Å². The molecule has 0 N–H and O–H groups in total. The lowest BCUT2D eigenvalue weighted by Gasteiger charge is -2.18. The fourth-order valence-corrected chi connectivity index (χ4v) is 2.64. The SMILES string of the molecule is Fc1cc(Br)c(Cl)cc1C(Cl)C1CCCO1. The van der Waals surface area contributed by atoms with Crippen LogP contribution in [0.4, 0.5) is 4.39 Å². The third kappa shape index (κ3) is 2.53. The molecule has 0 aliphatic carbocycles. The third-order valence-corrected chi connectivity index (χ3v) is 4.34. The van der Waals surface area contributed by atoms with Crippen LogP contribution in [0.15, 0.2) is 16.6 Å². The van der Waals surface area contributed by atoms with Gasteiger partial charge in [-0.2, -0.15) is 0 Å². The molecule has 0 spiro atoms. The average molecular weight is 328 g/mol. The molecular weight excluding hydrogens is 318 g/mol. The Bertz CT molecular complexity index is 394. The van der Waals surface area contributed by atoms with E-state index >= 15 is 0 Å². The normalized spacial score (nSPS) is 22.4. The van der Waals surface area contributed by atoms with Crippen molar-refractivity contribution in [1.82, 2.24) is 0 Å². The van der Waals surface area contributed by atoms with E-state index in [0.717, 1.165) is 12.8 Å². The first-order valence-electron chi connectivity index (χ1n) is 4.99. The van der Waals surface area contributed by atoms with Crippen molar-refractivity contribution < 1.29 is 9.13 Å². The molecule has 1 saturated heterocycles. The molecule has 0 aromatic heterocycles. The Hall–Kier alpha value is 0.170. The van der Waals surface area contributed by atoms with Gasteiger partial charge in [-0.1, -0.05) is 11.6 Å². The summed E-state index contributed by atoms with van der Waals surface area (Å²) in [6.07, 6.45) is 1.72. The summed E-state index contributed by atoms with van der Waals surface area (Å²) in [6, 6.07) is 2.89. The number of hydrogen-bond acceptors (Lipinski definition) is 1. The van der Waals surface area contributed by atoms with Crippen molar-refractivity contribution in [3.05, 3.63) is 33.0 Å². The van der Waals surface area contributed by atoms with Gasteiger partial charge in [0, 0.05) is 16.6 Å². The average Bonchev–Trinajstić information content (AvgIpc) is 2.75. The van der Waals surface area contributed by atoms with Gasteiger partial charge in [-0.15, -0.1) is 11.6 Å². The zero-order valence-corrected chi connectivity index (χ0v) is 11.4. The molecule has 1 aliphatic heterocycles. The highest BCUT2D eigenvalue weighted by atomic mass is 79.9. The molecule has 0 amide bonds. The summed E-state index contributed by atoms with van der Waals surface area (Å²) in [7, 11) is 0. The first kappa shape index (κ1) is 12.6. The smallest absolute Gasteiger partial charge is 0.129 e. The molecule has 1 aromatic carbocycles. The molecule has 1 aliphatic rings. The van der Waals surface area contributed by atoms with Gasteiger partial charge < -0.3 is 4.74 Å². The lowest BCUT2D eigenvalue weighted by molar-refractivity contribution is 0.107. The Morgan fingerprint density at radius 3 is 2.88 bits per heavy atom. The summed E-state index contributed by atoms with van der Waals surface area (Å²) in [4.78, 5) is 0. The summed E-state index contributed by atoms with van der Waals surface area (Å²) in [5.74, 6) is -0.355. The van der Waals surface area contributed by atoms with E-state index in [9.17, 15) is 4.39 Å². The van der Waals surface area contributed by atoms with E-state index < -0.39 is 5.38 Å². The molecule has 88 valence electrons. The largest absolute Gasteiger partial charge is 0.376 e. The molecule has 2 atom stereocenters. The van der Waals surface area contributed by atoms with Crippen molar-refractivity contribution in [2.24, 2.45) is 0 Å². The molecule has 0 bridgehead atoms. The molecule has 16 heavy (non-hydrogen) atoms. The summed E-state index contributed by atoms with van der Waals surface area (Å²) in [5.41, 5.74) is 0.404. The van der Waals surface area contributed by atoms with Gasteiger partial charge >= 0.3 is 0 Å². The molecule has 5 heteroatoms. The number of ether oxygens (including phenoxy) is 1. The van der Waals surface area contributed by atoms with Crippen LogP contribution in [-0.2, 0) is 4.74 Å². The Labute approximate surface area is 112 Å². The van der Waals surface area contributed by atoms with Crippen LogP contribution in [0.3, 0.4) is 0 Å². The second kappa shape index (κ2) is 5.21. The fourth-order valence-electron chi connectivity index (χ4n) is 1.78. The first-order chi connectivity index (χ1) is 7.59. The molecular formula is C11H10BrCl2FO. The third-order valence-electron chi connectivity index (χ3n) is 2.63. The van der Waals surface area contributed by atoms with Gasteiger partial charge in [-0.05, 0) is 40.9 Å². The summed E-state index contributed by atoms with van der Waals surface area (Å²) in [5, 5.41) is -0.0202. The van der Waals surface area contributed by atoms with Crippen molar-refractivity contribution in [3.63, 3.8) is 0 Å². The summed E-state index contributed by atoms with van der Waals surface area (Å²) in [6.45, 7) is 0.694. The molecule has 2 unspecified atom stereocenters. The molecule has 1 fully saturated rings. The van der Waals surface area contributed by atoms with Gasteiger partial charge in [0.2, 0.25) is 0 Å². The maximum absolute atomic E-state index is 13.7. The standard InChI is InChI=1S/C11H10BrCl2FO/c12-7-5-9(15)6(4-8(7)13)11(14)10-2-1-3-16-10/h4-5,10-11H,1-3H2. The zero-order chi connectivity index (χ0) is 11.7. The monoisotopic (exact) mass is 326 g/mol. The van der Waals surface area contributed by atoms with Crippen molar-refractivity contribution in [2.45, 2.75) is 24.3 Å². The maximum Gasteiger partial charge on any atom is 0.129 e. The van der Waals surface area contributed by atoms with E-state index in [-0.39, 0.29) is 11.9 Å². The van der Waals surface area contributed by atoms with Crippen LogP contribution in [0.25, 0.3) is 0 Å². The van der Waals surface area contributed by atoms with Gasteiger partial charge in [0.05, 0.1) is 16.5 Å². The van der Waals surface area contributed by atoms with Crippen molar-refractivity contribution in [3.8, 4) is 0 Å². The quantitative estimate of drug-likeness (QED) is 0.565. The van der Waals surface area contributed by atoms with E-state index in [2.05, 4.69) is 15.9 Å². The number of hydrogen-bond donors (Lipinski definition) is 0.